The lowest BCUT2D eigenvalue weighted by Gasteiger charge is -2.21. The number of nitrogens with two attached hydrogens (primary N) is 2. The van der Waals surface area contributed by atoms with E-state index in [0.29, 0.717) is 43.3 Å². The Balaban J connectivity index is 1.63. The Kier molecular flexibility index (Phi) is 5.19. The summed E-state index contributed by atoms with van der Waals surface area (Å²) in [5.41, 5.74) is 14.2. The van der Waals surface area contributed by atoms with Crippen LogP contribution in [-0.2, 0) is 6.54 Å². The molecule has 8 nitrogen and oxygen atoms in total. The molecule has 1 aliphatic rings. The van der Waals surface area contributed by atoms with E-state index in [9.17, 15) is 0 Å². The summed E-state index contributed by atoms with van der Waals surface area (Å²) >= 11 is 3.24. The number of fused-ring (bicyclic) bond motifs is 2. The van der Waals surface area contributed by atoms with Crippen LogP contribution in [0.1, 0.15) is 6.42 Å². The first-order valence-electron chi connectivity index (χ1n) is 9.56. The van der Waals surface area contributed by atoms with Crippen molar-refractivity contribution in [1.29, 1.82) is 0 Å². The van der Waals surface area contributed by atoms with Crippen LogP contribution in [0.2, 0.25) is 0 Å². The summed E-state index contributed by atoms with van der Waals surface area (Å²) in [5.74, 6) is 1.88. The molecule has 0 saturated heterocycles. The van der Waals surface area contributed by atoms with Gasteiger partial charge in [0.05, 0.1) is 0 Å². The van der Waals surface area contributed by atoms with Gasteiger partial charge in [-0.2, -0.15) is 0 Å². The van der Waals surface area contributed by atoms with Crippen LogP contribution in [0.15, 0.2) is 46.0 Å². The molecule has 10 heteroatoms. The van der Waals surface area contributed by atoms with Gasteiger partial charge in [0.15, 0.2) is 33.6 Å². The molecule has 154 valence electrons. The molecule has 1 aromatic carbocycles. The molecule has 0 aliphatic carbocycles. The minimum absolute atomic E-state index is 0.369. The van der Waals surface area contributed by atoms with Gasteiger partial charge in [0, 0.05) is 21.9 Å². The smallest absolute Gasteiger partial charge is 0.175 e. The van der Waals surface area contributed by atoms with Gasteiger partial charge < -0.3 is 25.5 Å². The fourth-order valence-corrected chi connectivity index (χ4v) is 5.23. The molecule has 30 heavy (non-hydrogen) atoms. The number of nitrogen functional groups attached to an aromatic ring is 1. The van der Waals surface area contributed by atoms with Crippen LogP contribution in [0.3, 0.4) is 0 Å². The SMILES string of the molecule is NCCCn1c(Sc2cc3c(cc2-c2cccs2)OCCO3)nc2c(N)ncnc21. The fraction of sp³-hybridized carbons (Fsp3) is 0.250. The molecule has 0 spiro atoms. The first-order valence-corrected chi connectivity index (χ1v) is 11.3. The van der Waals surface area contributed by atoms with E-state index in [-0.39, 0.29) is 0 Å². The second-order valence-corrected chi connectivity index (χ2v) is 8.65. The van der Waals surface area contributed by atoms with Crippen molar-refractivity contribution in [2.45, 2.75) is 23.0 Å². The normalized spacial score (nSPS) is 13.1. The van der Waals surface area contributed by atoms with E-state index < -0.39 is 0 Å². The third-order valence-electron chi connectivity index (χ3n) is 4.74. The van der Waals surface area contributed by atoms with Gasteiger partial charge in [-0.3, -0.25) is 0 Å². The van der Waals surface area contributed by atoms with Crippen LogP contribution in [0.5, 0.6) is 11.5 Å². The number of hydrogen-bond acceptors (Lipinski definition) is 9. The molecular formula is C20H20N6O2S2. The quantitative estimate of drug-likeness (QED) is 0.469. The number of rotatable bonds is 6. The number of aromatic nitrogens is 4. The molecule has 5 rings (SSSR count). The Bertz CT molecular complexity index is 1190. The molecule has 0 unspecified atom stereocenters. The number of aryl methyl sites for hydroxylation is 1. The van der Waals surface area contributed by atoms with Gasteiger partial charge in [0.1, 0.15) is 19.5 Å². The van der Waals surface area contributed by atoms with Gasteiger partial charge in [-0.05, 0) is 36.5 Å². The molecule has 0 radical (unpaired) electrons. The van der Waals surface area contributed by atoms with Gasteiger partial charge in [0.2, 0.25) is 0 Å². The zero-order valence-electron chi connectivity index (χ0n) is 16.1. The van der Waals surface area contributed by atoms with Crippen molar-refractivity contribution < 1.29 is 9.47 Å². The van der Waals surface area contributed by atoms with Crippen LogP contribution in [0.4, 0.5) is 5.82 Å². The average Bonchev–Trinajstić information content (AvgIpc) is 3.41. The van der Waals surface area contributed by atoms with Crippen LogP contribution >= 0.6 is 23.1 Å². The molecule has 4 aromatic rings. The van der Waals surface area contributed by atoms with Crippen LogP contribution < -0.4 is 20.9 Å². The predicted octanol–water partition coefficient (Wildman–Crippen LogP) is 3.41. The molecule has 0 fully saturated rings. The van der Waals surface area contributed by atoms with Crippen molar-refractivity contribution in [1.82, 2.24) is 19.5 Å². The summed E-state index contributed by atoms with van der Waals surface area (Å²) in [5, 5.41) is 2.85. The van der Waals surface area contributed by atoms with E-state index in [1.807, 2.05) is 18.2 Å². The maximum atomic E-state index is 6.06. The van der Waals surface area contributed by atoms with E-state index >= 15 is 0 Å². The van der Waals surface area contributed by atoms with Crippen LogP contribution in [0, 0.1) is 0 Å². The van der Waals surface area contributed by atoms with Crippen molar-refractivity contribution in [3.63, 3.8) is 0 Å². The first kappa shape index (κ1) is 19.2. The van der Waals surface area contributed by atoms with Crippen molar-refractivity contribution in [2.75, 3.05) is 25.5 Å². The molecule has 4 heterocycles. The minimum Gasteiger partial charge on any atom is -0.486 e. The summed E-state index contributed by atoms with van der Waals surface area (Å²) in [6, 6.07) is 8.21. The highest BCUT2D eigenvalue weighted by molar-refractivity contribution is 7.99. The molecule has 0 saturated carbocycles. The van der Waals surface area contributed by atoms with Gasteiger partial charge in [-0.1, -0.05) is 17.8 Å². The molecule has 4 N–H and O–H groups in total. The van der Waals surface area contributed by atoms with Crippen LogP contribution in [-0.4, -0.2) is 39.3 Å². The summed E-state index contributed by atoms with van der Waals surface area (Å²) in [7, 11) is 0. The summed E-state index contributed by atoms with van der Waals surface area (Å²) in [6.07, 6.45) is 2.27. The van der Waals surface area contributed by atoms with Gasteiger partial charge in [0.25, 0.3) is 0 Å². The Morgan fingerprint density at radius 1 is 1.17 bits per heavy atom. The molecule has 0 bridgehead atoms. The van der Waals surface area contributed by atoms with Crippen molar-refractivity contribution in [2.24, 2.45) is 5.73 Å². The highest BCUT2D eigenvalue weighted by Gasteiger charge is 2.21. The maximum absolute atomic E-state index is 6.06. The maximum Gasteiger partial charge on any atom is 0.175 e. The van der Waals surface area contributed by atoms with Crippen LogP contribution in [0.25, 0.3) is 21.6 Å². The fourth-order valence-electron chi connectivity index (χ4n) is 3.34. The third kappa shape index (κ3) is 3.47. The van der Waals surface area contributed by atoms with E-state index in [1.54, 1.807) is 23.1 Å². The molecule has 1 aliphatic heterocycles. The van der Waals surface area contributed by atoms with Gasteiger partial charge >= 0.3 is 0 Å². The third-order valence-corrected chi connectivity index (χ3v) is 6.70. The Morgan fingerprint density at radius 3 is 2.77 bits per heavy atom. The zero-order valence-corrected chi connectivity index (χ0v) is 17.7. The summed E-state index contributed by atoms with van der Waals surface area (Å²) in [6.45, 7) is 2.37. The number of thiophene rings is 1. The first-order chi connectivity index (χ1) is 14.7. The highest BCUT2D eigenvalue weighted by Crippen LogP contribution is 2.45. The number of benzene rings is 1. The van der Waals surface area contributed by atoms with Gasteiger partial charge in [-0.25, -0.2) is 15.0 Å². The molecule has 0 amide bonds. The number of imidazole rings is 1. The standard InChI is InChI=1S/C20H20N6O2S2/c21-4-2-5-26-19-17(18(22)23-11-24-19)25-20(26)30-16-10-14-13(27-6-7-28-14)9-12(16)15-3-1-8-29-15/h1,3,8-11H,2,4-7,21H2,(H2,22,23,24). The Hall–Kier alpha value is -2.82. The minimum atomic E-state index is 0.369. The highest BCUT2D eigenvalue weighted by atomic mass is 32.2. The zero-order chi connectivity index (χ0) is 20.5. The van der Waals surface area contributed by atoms with E-state index in [2.05, 4.69) is 26.0 Å². The number of hydrogen-bond donors (Lipinski definition) is 2. The van der Waals surface area contributed by atoms with Crippen molar-refractivity contribution in [3.8, 4) is 21.9 Å². The number of anilines is 1. The largest absolute Gasteiger partial charge is 0.486 e. The van der Waals surface area contributed by atoms with Crippen molar-refractivity contribution >= 4 is 40.1 Å². The van der Waals surface area contributed by atoms with E-state index in [1.165, 1.54) is 6.33 Å². The van der Waals surface area contributed by atoms with E-state index in [0.717, 1.165) is 38.4 Å². The van der Waals surface area contributed by atoms with Gasteiger partial charge in [-0.15, -0.1) is 11.3 Å². The lowest BCUT2D eigenvalue weighted by atomic mass is 10.1. The second kappa shape index (κ2) is 8.13. The molecule has 0 atom stereocenters. The number of ether oxygens (including phenoxy) is 2. The lowest BCUT2D eigenvalue weighted by molar-refractivity contribution is 0.171. The summed E-state index contributed by atoms with van der Waals surface area (Å²) in [4.78, 5) is 15.4. The Morgan fingerprint density at radius 2 is 2.00 bits per heavy atom. The average molecular weight is 441 g/mol. The van der Waals surface area contributed by atoms with Crippen molar-refractivity contribution in [3.05, 3.63) is 36.0 Å². The lowest BCUT2D eigenvalue weighted by Crippen LogP contribution is -2.15. The Labute approximate surface area is 181 Å². The molecular weight excluding hydrogens is 420 g/mol. The van der Waals surface area contributed by atoms with E-state index in [4.69, 9.17) is 25.9 Å². The predicted molar refractivity (Wildman–Crippen MR) is 118 cm³/mol. The monoisotopic (exact) mass is 440 g/mol. The second-order valence-electron chi connectivity index (χ2n) is 6.69. The summed E-state index contributed by atoms with van der Waals surface area (Å²) < 4.78 is 13.7. The topological polar surface area (TPSA) is 114 Å². The number of nitrogens with zero attached hydrogens (tertiary/aromatic N) is 4. The molecule has 3 aromatic heterocycles.